The number of carbonyl (C=O) groups excluding carboxylic acids is 1. The van der Waals surface area contributed by atoms with Gasteiger partial charge >= 0.3 is 12.0 Å². The van der Waals surface area contributed by atoms with Crippen molar-refractivity contribution < 1.29 is 14.7 Å². The fourth-order valence-corrected chi connectivity index (χ4v) is 2.36. The van der Waals surface area contributed by atoms with Gasteiger partial charge in [-0.05, 0) is 37.3 Å². The molecule has 0 atom stereocenters. The third kappa shape index (κ3) is 3.29. The molecule has 0 spiro atoms. The minimum absolute atomic E-state index is 0.106. The van der Waals surface area contributed by atoms with E-state index in [0.29, 0.717) is 12.2 Å². The van der Waals surface area contributed by atoms with Crippen LogP contribution in [-0.4, -0.2) is 23.7 Å². The maximum Gasteiger partial charge on any atom is 0.337 e. The Bertz CT molecular complexity index is 536. The number of carboxylic acids is 1. The Kier molecular flexibility index (Phi) is 3.97. The molecule has 0 heterocycles. The van der Waals surface area contributed by atoms with Gasteiger partial charge in [-0.1, -0.05) is 25.0 Å². The lowest BCUT2D eigenvalue weighted by Crippen LogP contribution is -2.41. The number of hydrogen-bond acceptors (Lipinski definition) is 2. The molecular formula is C15H20N2O3. The smallest absolute Gasteiger partial charge is 0.337 e. The number of hydrogen-bond donors (Lipinski definition) is 3. The van der Waals surface area contributed by atoms with Gasteiger partial charge in [0.1, 0.15) is 0 Å². The molecule has 1 aromatic carbocycles. The van der Waals surface area contributed by atoms with E-state index in [2.05, 4.69) is 17.6 Å². The highest BCUT2D eigenvalue weighted by Crippen LogP contribution is 2.39. The van der Waals surface area contributed by atoms with Crippen molar-refractivity contribution in [1.29, 1.82) is 0 Å². The standard InChI is InChI=1S/C15H20N2O3/c1-10-4-5-12(11(8-10)13(18)19)17-14(20)16-9-15(2)6-3-7-15/h4-5,8H,3,6-7,9H2,1-2H3,(H,18,19)(H2,16,17,20). The third-order valence-corrected chi connectivity index (χ3v) is 3.89. The molecule has 1 aromatic rings. The lowest BCUT2D eigenvalue weighted by Gasteiger charge is -2.38. The first-order valence-electron chi connectivity index (χ1n) is 6.78. The molecule has 1 saturated carbocycles. The number of amides is 2. The zero-order valence-corrected chi connectivity index (χ0v) is 11.8. The summed E-state index contributed by atoms with van der Waals surface area (Å²) in [4.78, 5) is 23.0. The molecule has 108 valence electrons. The van der Waals surface area contributed by atoms with Gasteiger partial charge in [0.2, 0.25) is 0 Å². The van der Waals surface area contributed by atoms with Crippen LogP contribution in [-0.2, 0) is 0 Å². The summed E-state index contributed by atoms with van der Waals surface area (Å²) in [5.74, 6) is -1.05. The van der Waals surface area contributed by atoms with Crippen molar-refractivity contribution in [3.63, 3.8) is 0 Å². The van der Waals surface area contributed by atoms with Crippen LogP contribution in [0, 0.1) is 12.3 Å². The maximum atomic E-state index is 11.8. The predicted octanol–water partition coefficient (Wildman–Crippen LogP) is 3.00. The number of benzene rings is 1. The summed E-state index contributed by atoms with van der Waals surface area (Å²) in [7, 11) is 0. The number of carbonyl (C=O) groups is 2. The summed E-state index contributed by atoms with van der Waals surface area (Å²) in [5.41, 5.74) is 1.46. The van der Waals surface area contributed by atoms with Crippen molar-refractivity contribution in [2.24, 2.45) is 5.41 Å². The van der Waals surface area contributed by atoms with Crippen molar-refractivity contribution in [3.8, 4) is 0 Å². The normalized spacial score (nSPS) is 16.1. The van der Waals surface area contributed by atoms with Crippen molar-refractivity contribution >= 4 is 17.7 Å². The second kappa shape index (κ2) is 5.53. The fourth-order valence-electron chi connectivity index (χ4n) is 2.36. The van der Waals surface area contributed by atoms with Gasteiger partial charge < -0.3 is 15.7 Å². The number of nitrogens with one attached hydrogen (secondary N) is 2. The van der Waals surface area contributed by atoms with E-state index in [1.54, 1.807) is 18.2 Å². The van der Waals surface area contributed by atoms with Crippen molar-refractivity contribution in [2.45, 2.75) is 33.1 Å². The highest BCUT2D eigenvalue weighted by molar-refractivity contribution is 6.00. The number of aryl methyl sites for hydroxylation is 1. The average Bonchev–Trinajstić information content (AvgIpc) is 2.36. The Morgan fingerprint density at radius 3 is 2.60 bits per heavy atom. The van der Waals surface area contributed by atoms with Gasteiger partial charge in [-0.2, -0.15) is 0 Å². The van der Waals surface area contributed by atoms with Crippen LogP contribution < -0.4 is 10.6 Å². The van der Waals surface area contributed by atoms with Gasteiger partial charge in [0, 0.05) is 6.54 Å². The highest BCUT2D eigenvalue weighted by atomic mass is 16.4. The number of urea groups is 1. The molecule has 3 N–H and O–H groups in total. The topological polar surface area (TPSA) is 78.4 Å². The molecule has 0 aromatic heterocycles. The van der Waals surface area contributed by atoms with Crippen LogP contribution in [0.25, 0.3) is 0 Å². The number of rotatable bonds is 4. The molecule has 2 amide bonds. The number of carboxylic acid groups (broad SMARTS) is 1. The molecule has 1 aliphatic rings. The molecule has 1 fully saturated rings. The molecule has 20 heavy (non-hydrogen) atoms. The zero-order chi connectivity index (χ0) is 14.8. The molecule has 0 unspecified atom stereocenters. The van der Waals surface area contributed by atoms with E-state index in [1.165, 1.54) is 6.42 Å². The largest absolute Gasteiger partial charge is 0.478 e. The van der Waals surface area contributed by atoms with Gasteiger partial charge in [0.05, 0.1) is 11.3 Å². The van der Waals surface area contributed by atoms with E-state index >= 15 is 0 Å². The van der Waals surface area contributed by atoms with Gasteiger partial charge in [0.15, 0.2) is 0 Å². The van der Waals surface area contributed by atoms with Crippen LogP contribution in [0.4, 0.5) is 10.5 Å². The Hall–Kier alpha value is -2.04. The Morgan fingerprint density at radius 2 is 2.05 bits per heavy atom. The van der Waals surface area contributed by atoms with E-state index in [4.69, 9.17) is 5.11 Å². The first kappa shape index (κ1) is 14.4. The van der Waals surface area contributed by atoms with Crippen molar-refractivity contribution in [3.05, 3.63) is 29.3 Å². The monoisotopic (exact) mass is 276 g/mol. The fraction of sp³-hybridized carbons (Fsp3) is 0.467. The van der Waals surface area contributed by atoms with Gasteiger partial charge in [-0.3, -0.25) is 0 Å². The van der Waals surface area contributed by atoms with E-state index in [-0.39, 0.29) is 17.0 Å². The minimum Gasteiger partial charge on any atom is -0.478 e. The summed E-state index contributed by atoms with van der Waals surface area (Å²) in [6.45, 7) is 4.58. The number of aromatic carboxylic acids is 1. The number of anilines is 1. The summed E-state index contributed by atoms with van der Waals surface area (Å²) in [5, 5.41) is 14.6. The molecule has 5 heteroatoms. The molecule has 5 nitrogen and oxygen atoms in total. The van der Waals surface area contributed by atoms with Crippen LogP contribution in [0.3, 0.4) is 0 Å². The van der Waals surface area contributed by atoms with Crippen molar-refractivity contribution in [2.75, 3.05) is 11.9 Å². The molecule has 0 aliphatic heterocycles. The minimum atomic E-state index is -1.05. The lowest BCUT2D eigenvalue weighted by atomic mass is 9.70. The molecule has 0 radical (unpaired) electrons. The summed E-state index contributed by atoms with van der Waals surface area (Å²) >= 11 is 0. The van der Waals surface area contributed by atoms with Gasteiger partial charge in [-0.25, -0.2) is 9.59 Å². The van der Waals surface area contributed by atoms with Crippen LogP contribution in [0.5, 0.6) is 0 Å². The van der Waals surface area contributed by atoms with Crippen LogP contribution in [0.1, 0.15) is 42.1 Å². The van der Waals surface area contributed by atoms with Crippen molar-refractivity contribution in [1.82, 2.24) is 5.32 Å². The summed E-state index contributed by atoms with van der Waals surface area (Å²) in [6, 6.07) is 4.58. The Labute approximate surface area is 118 Å². The first-order valence-corrected chi connectivity index (χ1v) is 6.78. The van der Waals surface area contributed by atoms with E-state index in [0.717, 1.165) is 18.4 Å². The molecule has 0 saturated heterocycles. The average molecular weight is 276 g/mol. The third-order valence-electron chi connectivity index (χ3n) is 3.89. The molecule has 0 bridgehead atoms. The summed E-state index contributed by atoms with van der Waals surface area (Å²) in [6.07, 6.45) is 3.46. The second-order valence-electron chi connectivity index (χ2n) is 5.83. The van der Waals surface area contributed by atoms with Crippen LogP contribution in [0.15, 0.2) is 18.2 Å². The molecule has 2 rings (SSSR count). The maximum absolute atomic E-state index is 11.8. The highest BCUT2D eigenvalue weighted by Gasteiger charge is 2.31. The second-order valence-corrected chi connectivity index (χ2v) is 5.83. The predicted molar refractivity (Wildman–Crippen MR) is 77.1 cm³/mol. The Morgan fingerprint density at radius 1 is 1.35 bits per heavy atom. The lowest BCUT2D eigenvalue weighted by molar-refractivity contribution is 0.0698. The first-order chi connectivity index (χ1) is 9.39. The van der Waals surface area contributed by atoms with E-state index in [9.17, 15) is 9.59 Å². The SMILES string of the molecule is Cc1ccc(NC(=O)NCC2(C)CCC2)c(C(=O)O)c1. The zero-order valence-electron chi connectivity index (χ0n) is 11.8. The van der Waals surface area contributed by atoms with E-state index < -0.39 is 5.97 Å². The summed E-state index contributed by atoms with van der Waals surface area (Å²) < 4.78 is 0. The van der Waals surface area contributed by atoms with E-state index in [1.807, 2.05) is 6.92 Å². The molecular weight excluding hydrogens is 256 g/mol. The Balaban J connectivity index is 1.98. The van der Waals surface area contributed by atoms with Gasteiger partial charge in [0.25, 0.3) is 0 Å². The quantitative estimate of drug-likeness (QED) is 0.791. The van der Waals surface area contributed by atoms with Gasteiger partial charge in [-0.15, -0.1) is 0 Å². The van der Waals surface area contributed by atoms with Crippen LogP contribution in [0.2, 0.25) is 0 Å². The van der Waals surface area contributed by atoms with Crippen LogP contribution >= 0.6 is 0 Å². The molecule has 1 aliphatic carbocycles.